The zero-order valence-electron chi connectivity index (χ0n) is 13.0. The Hall–Kier alpha value is -2.84. The fraction of sp³-hybridized carbons (Fsp3) is 0.158. The zero-order chi connectivity index (χ0) is 16.7. The van der Waals surface area contributed by atoms with Crippen LogP contribution in [0.5, 0.6) is 0 Å². The van der Waals surface area contributed by atoms with Gasteiger partial charge < -0.3 is 4.98 Å². The van der Waals surface area contributed by atoms with Crippen molar-refractivity contribution in [2.75, 3.05) is 0 Å². The Kier molecular flexibility index (Phi) is 3.47. The topological polar surface area (TPSA) is 64.3 Å². The number of allylic oxidation sites excluding steroid dienone is 2. The van der Waals surface area contributed by atoms with Gasteiger partial charge in [-0.25, -0.2) is 0 Å². The van der Waals surface area contributed by atoms with Crippen molar-refractivity contribution < 1.29 is 0 Å². The minimum atomic E-state index is -0.0213. The number of rotatable bonds is 1. The number of hydrogen-bond donors (Lipinski definition) is 1. The molecule has 0 radical (unpaired) electrons. The molecule has 4 rings (SSSR count). The van der Waals surface area contributed by atoms with Crippen molar-refractivity contribution in [3.63, 3.8) is 0 Å². The lowest BCUT2D eigenvalue weighted by atomic mass is 9.87. The van der Waals surface area contributed by atoms with E-state index in [2.05, 4.69) is 27.4 Å². The van der Waals surface area contributed by atoms with Gasteiger partial charge >= 0.3 is 0 Å². The van der Waals surface area contributed by atoms with Gasteiger partial charge in [0.2, 0.25) is 0 Å². The standard InChI is InChI=1S/C19H14N4S/c1-11-6-8-12(9-7-11)16-14(10-20)19(24)21-17-13-4-2-3-5-15(13)22-23-18(16)17/h2-9,13,15H,1H3,(H,21,24). The Bertz CT molecular complexity index is 1000. The number of fused-ring (bicyclic) bond motifs is 3. The number of aromatic nitrogens is 1. The van der Waals surface area contributed by atoms with Crippen molar-refractivity contribution >= 4 is 17.9 Å². The van der Waals surface area contributed by atoms with Gasteiger partial charge in [-0.1, -0.05) is 66.4 Å². The van der Waals surface area contributed by atoms with Crippen LogP contribution in [0.15, 0.2) is 58.8 Å². The first-order valence-corrected chi connectivity index (χ1v) is 8.13. The summed E-state index contributed by atoms with van der Waals surface area (Å²) < 4.78 is 0.450. The minimum absolute atomic E-state index is 0.0213. The first kappa shape index (κ1) is 14.7. The van der Waals surface area contributed by atoms with Gasteiger partial charge in [0.05, 0.1) is 11.3 Å². The van der Waals surface area contributed by atoms with Crippen molar-refractivity contribution in [1.29, 1.82) is 5.26 Å². The summed E-state index contributed by atoms with van der Waals surface area (Å²) in [6.45, 7) is 2.03. The van der Waals surface area contributed by atoms with E-state index in [0.717, 1.165) is 22.4 Å². The van der Waals surface area contributed by atoms with E-state index in [1.54, 1.807) is 0 Å². The van der Waals surface area contributed by atoms with Crippen LogP contribution >= 0.6 is 12.2 Å². The maximum atomic E-state index is 9.62. The average Bonchev–Trinajstić information content (AvgIpc) is 2.61. The Morgan fingerprint density at radius 3 is 2.67 bits per heavy atom. The third-order valence-corrected chi connectivity index (χ3v) is 4.71. The quantitative estimate of drug-likeness (QED) is 0.724. The van der Waals surface area contributed by atoms with E-state index in [1.165, 1.54) is 0 Å². The second kappa shape index (κ2) is 5.66. The molecular formula is C19H14N4S. The van der Waals surface area contributed by atoms with E-state index in [1.807, 2.05) is 49.4 Å². The number of aryl methyl sites for hydroxylation is 1. The highest BCUT2D eigenvalue weighted by molar-refractivity contribution is 7.71. The number of H-pyrrole nitrogens is 1. The lowest BCUT2D eigenvalue weighted by Crippen LogP contribution is -2.19. The SMILES string of the molecule is Cc1ccc(-c2c3c([nH]c(=S)c2C#N)C2C=CC=CC2N=N3)cc1. The van der Waals surface area contributed by atoms with E-state index in [4.69, 9.17) is 12.2 Å². The number of nitrogens with zero attached hydrogens (tertiary/aromatic N) is 3. The molecule has 1 aliphatic heterocycles. The van der Waals surface area contributed by atoms with Crippen molar-refractivity contribution in [2.24, 2.45) is 10.2 Å². The molecule has 0 saturated carbocycles. The maximum absolute atomic E-state index is 9.62. The second-order valence-electron chi connectivity index (χ2n) is 5.95. The van der Waals surface area contributed by atoms with E-state index < -0.39 is 0 Å². The van der Waals surface area contributed by atoms with Crippen LogP contribution in [-0.4, -0.2) is 11.0 Å². The molecule has 0 amide bonds. The number of hydrogen-bond acceptors (Lipinski definition) is 4. The molecule has 0 bridgehead atoms. The van der Waals surface area contributed by atoms with Crippen LogP contribution in [0.4, 0.5) is 5.69 Å². The van der Waals surface area contributed by atoms with Crippen molar-refractivity contribution in [3.8, 4) is 17.2 Å². The highest BCUT2D eigenvalue weighted by Crippen LogP contribution is 2.44. The van der Waals surface area contributed by atoms with Gasteiger partial charge in [0.1, 0.15) is 22.4 Å². The number of pyridine rings is 1. The van der Waals surface area contributed by atoms with Gasteiger partial charge in [-0.05, 0) is 12.5 Å². The summed E-state index contributed by atoms with van der Waals surface area (Å²) in [5, 5.41) is 18.5. The fourth-order valence-electron chi connectivity index (χ4n) is 3.16. The third-order valence-electron chi connectivity index (χ3n) is 4.40. The first-order valence-electron chi connectivity index (χ1n) is 7.72. The molecule has 1 aliphatic carbocycles. The molecule has 1 N–H and O–H groups in total. The molecule has 4 nitrogen and oxygen atoms in total. The molecule has 0 fully saturated rings. The number of benzene rings is 1. The van der Waals surface area contributed by atoms with Crippen molar-refractivity contribution in [1.82, 2.24) is 4.98 Å². The van der Waals surface area contributed by atoms with Gasteiger partial charge in [-0.15, -0.1) is 0 Å². The van der Waals surface area contributed by atoms with Gasteiger partial charge in [0.25, 0.3) is 0 Å². The molecule has 24 heavy (non-hydrogen) atoms. The summed E-state index contributed by atoms with van der Waals surface area (Å²) in [6, 6.07) is 10.3. The fourth-order valence-corrected chi connectivity index (χ4v) is 3.42. The first-order chi connectivity index (χ1) is 11.7. The van der Waals surface area contributed by atoms with Crippen molar-refractivity contribution in [3.05, 3.63) is 70.0 Å². The Morgan fingerprint density at radius 1 is 1.17 bits per heavy atom. The van der Waals surface area contributed by atoms with Crippen LogP contribution in [-0.2, 0) is 0 Å². The van der Waals surface area contributed by atoms with Gasteiger partial charge in [0, 0.05) is 11.5 Å². The van der Waals surface area contributed by atoms with Crippen LogP contribution in [0.2, 0.25) is 0 Å². The van der Waals surface area contributed by atoms with Crippen LogP contribution < -0.4 is 0 Å². The lowest BCUT2D eigenvalue weighted by molar-refractivity contribution is 0.642. The van der Waals surface area contributed by atoms with Crippen molar-refractivity contribution in [2.45, 2.75) is 18.9 Å². The smallest absolute Gasteiger partial charge is 0.122 e. The van der Waals surface area contributed by atoms with E-state index in [9.17, 15) is 5.26 Å². The van der Waals surface area contributed by atoms with E-state index >= 15 is 0 Å². The monoisotopic (exact) mass is 330 g/mol. The molecule has 2 atom stereocenters. The molecule has 5 heteroatoms. The highest BCUT2D eigenvalue weighted by Gasteiger charge is 2.30. The molecule has 0 spiro atoms. The van der Waals surface area contributed by atoms with Gasteiger partial charge in [-0.2, -0.15) is 15.5 Å². The number of nitrogens with one attached hydrogen (secondary N) is 1. The summed E-state index contributed by atoms with van der Waals surface area (Å²) in [5.74, 6) is 0.0705. The third kappa shape index (κ3) is 2.24. The average molecular weight is 330 g/mol. The summed E-state index contributed by atoms with van der Waals surface area (Å²) in [7, 11) is 0. The maximum Gasteiger partial charge on any atom is 0.122 e. The Balaban J connectivity index is 2.03. The molecule has 2 aliphatic rings. The van der Waals surface area contributed by atoms with Crippen LogP contribution in [0, 0.1) is 22.9 Å². The van der Waals surface area contributed by atoms with Gasteiger partial charge in [0.15, 0.2) is 0 Å². The number of azo groups is 1. The summed E-state index contributed by atoms with van der Waals surface area (Å²) in [5.41, 5.74) is 4.94. The molecule has 116 valence electrons. The summed E-state index contributed by atoms with van der Waals surface area (Å²) in [6.07, 6.45) is 8.10. The molecule has 2 heterocycles. The summed E-state index contributed by atoms with van der Waals surface area (Å²) >= 11 is 5.45. The van der Waals surface area contributed by atoms with Crippen LogP contribution in [0.3, 0.4) is 0 Å². The van der Waals surface area contributed by atoms with E-state index in [-0.39, 0.29) is 12.0 Å². The molecular weight excluding hydrogens is 316 g/mol. The van der Waals surface area contributed by atoms with Gasteiger partial charge in [-0.3, -0.25) is 0 Å². The predicted octanol–water partition coefficient (Wildman–Crippen LogP) is 5.27. The molecule has 1 aromatic carbocycles. The highest BCUT2D eigenvalue weighted by atomic mass is 32.1. The molecule has 2 unspecified atom stereocenters. The number of aromatic amines is 1. The Morgan fingerprint density at radius 2 is 1.92 bits per heavy atom. The minimum Gasteiger partial charge on any atom is -0.346 e. The lowest BCUT2D eigenvalue weighted by Gasteiger charge is -2.26. The van der Waals surface area contributed by atoms with E-state index in [0.29, 0.717) is 15.9 Å². The molecule has 2 aromatic rings. The summed E-state index contributed by atoms with van der Waals surface area (Å²) in [4.78, 5) is 3.22. The predicted molar refractivity (Wildman–Crippen MR) is 95.8 cm³/mol. The Labute approximate surface area is 144 Å². The largest absolute Gasteiger partial charge is 0.346 e. The zero-order valence-corrected chi connectivity index (χ0v) is 13.8. The normalized spacial score (nSPS) is 20.3. The molecule has 1 aromatic heterocycles. The molecule has 0 saturated heterocycles. The second-order valence-corrected chi connectivity index (χ2v) is 6.35. The number of nitriles is 1. The van der Waals surface area contributed by atoms with Crippen LogP contribution in [0.1, 0.15) is 22.7 Å². The van der Waals surface area contributed by atoms with Crippen LogP contribution in [0.25, 0.3) is 11.1 Å².